The summed E-state index contributed by atoms with van der Waals surface area (Å²) in [7, 11) is 0. The maximum absolute atomic E-state index is 13.7. The number of urea groups is 1. The van der Waals surface area contributed by atoms with Gasteiger partial charge in [-0.2, -0.15) is 13.2 Å². The van der Waals surface area contributed by atoms with E-state index in [1.807, 2.05) is 0 Å². The molecule has 184 valence electrons. The smallest absolute Gasteiger partial charge is 0.350 e. The Morgan fingerprint density at radius 2 is 1.97 bits per heavy atom. The quantitative estimate of drug-likeness (QED) is 0.655. The Morgan fingerprint density at radius 3 is 2.63 bits per heavy atom. The molecular formula is C24H24F3N5O3. The van der Waals surface area contributed by atoms with Gasteiger partial charge < -0.3 is 15.5 Å². The van der Waals surface area contributed by atoms with E-state index in [0.717, 1.165) is 11.6 Å². The third kappa shape index (κ3) is 4.58. The molecule has 2 aliphatic heterocycles. The minimum atomic E-state index is -4.68. The lowest BCUT2D eigenvalue weighted by molar-refractivity contribution is -0.138. The van der Waals surface area contributed by atoms with E-state index < -0.39 is 41.7 Å². The fourth-order valence-corrected chi connectivity index (χ4v) is 4.38. The van der Waals surface area contributed by atoms with Gasteiger partial charge in [-0.15, -0.1) is 0 Å². The largest absolute Gasteiger partial charge is 0.416 e. The Morgan fingerprint density at radius 1 is 1.23 bits per heavy atom. The van der Waals surface area contributed by atoms with Gasteiger partial charge in [0, 0.05) is 25.5 Å². The lowest BCUT2D eigenvalue weighted by Crippen LogP contribution is -2.47. The van der Waals surface area contributed by atoms with Crippen LogP contribution in [0.15, 0.2) is 60.1 Å². The molecule has 1 aromatic heterocycles. The summed E-state index contributed by atoms with van der Waals surface area (Å²) in [6.45, 7) is 3.59. The zero-order chi connectivity index (χ0) is 25.3. The van der Waals surface area contributed by atoms with Gasteiger partial charge in [0.1, 0.15) is 6.04 Å². The molecule has 2 aromatic rings. The van der Waals surface area contributed by atoms with E-state index in [2.05, 4.69) is 15.6 Å². The topological polar surface area (TPSA) is 94.6 Å². The third-order valence-electron chi connectivity index (χ3n) is 6.18. The van der Waals surface area contributed by atoms with Crippen molar-refractivity contribution in [3.63, 3.8) is 0 Å². The first-order valence-electron chi connectivity index (χ1n) is 11.1. The second-order valence-corrected chi connectivity index (χ2v) is 8.26. The van der Waals surface area contributed by atoms with Gasteiger partial charge in [0.25, 0.3) is 5.91 Å². The van der Waals surface area contributed by atoms with E-state index in [1.165, 1.54) is 28.0 Å². The van der Waals surface area contributed by atoms with Gasteiger partial charge in [0.15, 0.2) is 0 Å². The van der Waals surface area contributed by atoms with Crippen LogP contribution in [0.2, 0.25) is 0 Å². The van der Waals surface area contributed by atoms with Crippen LogP contribution in [0, 0.1) is 0 Å². The molecule has 0 fully saturated rings. The molecular weight excluding hydrogens is 463 g/mol. The zero-order valence-corrected chi connectivity index (χ0v) is 19.1. The van der Waals surface area contributed by atoms with Crippen LogP contribution in [0.3, 0.4) is 0 Å². The summed E-state index contributed by atoms with van der Waals surface area (Å²) in [5.74, 6) is -1.03. The number of pyridine rings is 1. The monoisotopic (exact) mass is 487 g/mol. The van der Waals surface area contributed by atoms with Crippen molar-refractivity contribution in [3.05, 3.63) is 76.8 Å². The Balaban J connectivity index is 1.63. The molecule has 0 bridgehead atoms. The van der Waals surface area contributed by atoms with Crippen molar-refractivity contribution in [2.24, 2.45) is 0 Å². The second kappa shape index (κ2) is 9.40. The number of carbonyl (C=O) groups is 3. The molecule has 2 aliphatic rings. The molecule has 2 atom stereocenters. The first-order chi connectivity index (χ1) is 16.6. The summed E-state index contributed by atoms with van der Waals surface area (Å²) >= 11 is 0. The first kappa shape index (κ1) is 24.2. The number of carbonyl (C=O) groups excluding carboxylic acids is 3. The molecule has 0 saturated carbocycles. The summed E-state index contributed by atoms with van der Waals surface area (Å²) in [5, 5.41) is 5.30. The number of alkyl halides is 3. The summed E-state index contributed by atoms with van der Waals surface area (Å²) in [5.41, 5.74) is -0.0460. The minimum Gasteiger partial charge on any atom is -0.350 e. The maximum atomic E-state index is 13.7. The van der Waals surface area contributed by atoms with E-state index in [1.54, 1.807) is 38.4 Å². The van der Waals surface area contributed by atoms with Gasteiger partial charge in [0.05, 0.1) is 29.4 Å². The Bertz CT molecular complexity index is 1180. The molecule has 0 spiro atoms. The lowest BCUT2D eigenvalue weighted by atomic mass is 9.91. The minimum absolute atomic E-state index is 0.0371. The van der Waals surface area contributed by atoms with Crippen molar-refractivity contribution < 1.29 is 27.6 Å². The van der Waals surface area contributed by atoms with E-state index in [-0.39, 0.29) is 30.8 Å². The highest BCUT2D eigenvalue weighted by atomic mass is 19.4. The van der Waals surface area contributed by atoms with Crippen LogP contribution in [0.4, 0.5) is 18.0 Å². The molecule has 2 N–H and O–H groups in total. The van der Waals surface area contributed by atoms with Gasteiger partial charge in [-0.1, -0.05) is 24.3 Å². The summed E-state index contributed by atoms with van der Waals surface area (Å²) in [4.78, 5) is 45.7. The number of benzene rings is 1. The predicted octanol–water partition coefficient (Wildman–Crippen LogP) is 2.99. The third-order valence-corrected chi connectivity index (χ3v) is 6.18. The number of rotatable bonds is 6. The number of aromatic nitrogens is 1. The van der Waals surface area contributed by atoms with E-state index in [9.17, 15) is 27.6 Å². The van der Waals surface area contributed by atoms with Crippen LogP contribution in [0.25, 0.3) is 0 Å². The first-order valence-corrected chi connectivity index (χ1v) is 11.1. The maximum Gasteiger partial charge on any atom is 0.416 e. The van der Waals surface area contributed by atoms with Crippen LogP contribution in [0.1, 0.15) is 36.6 Å². The van der Waals surface area contributed by atoms with Gasteiger partial charge in [-0.05, 0) is 37.1 Å². The molecule has 0 saturated heterocycles. The van der Waals surface area contributed by atoms with Gasteiger partial charge in [-0.25, -0.2) is 4.79 Å². The van der Waals surface area contributed by atoms with E-state index in [4.69, 9.17) is 0 Å². The number of halogens is 3. The van der Waals surface area contributed by atoms with Crippen molar-refractivity contribution in [3.8, 4) is 0 Å². The second-order valence-electron chi connectivity index (χ2n) is 8.26. The number of likely N-dealkylation sites (N-methyl/N-ethyl adjacent to an activating group) is 1. The average molecular weight is 487 g/mol. The van der Waals surface area contributed by atoms with Crippen molar-refractivity contribution in [1.29, 1.82) is 0 Å². The van der Waals surface area contributed by atoms with Crippen LogP contribution in [0.5, 0.6) is 0 Å². The van der Waals surface area contributed by atoms with Crippen molar-refractivity contribution >= 4 is 17.8 Å². The zero-order valence-electron chi connectivity index (χ0n) is 19.1. The molecule has 35 heavy (non-hydrogen) atoms. The number of nitrogens with zero attached hydrogens (tertiary/aromatic N) is 3. The number of hydrogen-bond donors (Lipinski definition) is 2. The van der Waals surface area contributed by atoms with Gasteiger partial charge in [0.2, 0.25) is 5.91 Å². The summed E-state index contributed by atoms with van der Waals surface area (Å²) < 4.78 is 41.2. The highest BCUT2D eigenvalue weighted by Crippen LogP contribution is 2.41. The van der Waals surface area contributed by atoms with Crippen LogP contribution in [-0.2, 0) is 22.3 Å². The Labute approximate surface area is 199 Å². The molecule has 11 heteroatoms. The highest BCUT2D eigenvalue weighted by molar-refractivity contribution is 6.03. The standard InChI is InChI=1S/C24H24F3N5O3/c1-3-31-18-13-32(14(2)21(33)29-12-15-7-6-10-28-11-15)22(34)19(18)20(30-23(31)35)16-8-4-5-9-17(16)24(25,26)27/h4-11,14,20H,3,12-13H2,1-2H3,(H,29,33)(H,30,35)/t14-,20+/m0/s1. The van der Waals surface area contributed by atoms with Crippen LogP contribution < -0.4 is 10.6 Å². The van der Waals surface area contributed by atoms with Gasteiger partial charge in [-0.3, -0.25) is 19.5 Å². The SMILES string of the molecule is CCN1C(=O)N[C@H](c2ccccc2C(F)(F)F)C2=C1CN([C@@H](C)C(=O)NCc1cccnc1)C2=O. The van der Waals surface area contributed by atoms with E-state index >= 15 is 0 Å². The molecule has 1 aromatic carbocycles. The fourth-order valence-electron chi connectivity index (χ4n) is 4.38. The van der Waals surface area contributed by atoms with Crippen LogP contribution >= 0.6 is 0 Å². The Hall–Kier alpha value is -3.89. The summed E-state index contributed by atoms with van der Waals surface area (Å²) in [6.07, 6.45) is -1.47. The number of nitrogens with one attached hydrogen (secondary N) is 2. The molecule has 4 rings (SSSR count). The van der Waals surface area contributed by atoms with E-state index in [0.29, 0.717) is 5.70 Å². The Kier molecular flexibility index (Phi) is 6.51. The van der Waals surface area contributed by atoms with Crippen molar-refractivity contribution in [2.75, 3.05) is 13.1 Å². The number of hydrogen-bond acceptors (Lipinski definition) is 4. The number of amides is 4. The normalized spacial score (nSPS) is 18.9. The van der Waals surface area contributed by atoms with Crippen LogP contribution in [-0.4, -0.2) is 51.8 Å². The molecule has 3 heterocycles. The summed E-state index contributed by atoms with van der Waals surface area (Å²) in [6, 6.07) is 5.55. The van der Waals surface area contributed by atoms with Crippen molar-refractivity contribution in [2.45, 2.75) is 38.7 Å². The molecule has 4 amide bonds. The predicted molar refractivity (Wildman–Crippen MR) is 119 cm³/mol. The molecule has 0 aliphatic carbocycles. The lowest BCUT2D eigenvalue weighted by Gasteiger charge is -2.33. The molecule has 0 unspecified atom stereocenters. The molecule has 8 nitrogen and oxygen atoms in total. The average Bonchev–Trinajstić information content (AvgIpc) is 3.18. The fraction of sp³-hybridized carbons (Fsp3) is 0.333. The van der Waals surface area contributed by atoms with Crippen molar-refractivity contribution in [1.82, 2.24) is 25.4 Å². The van der Waals surface area contributed by atoms with Gasteiger partial charge >= 0.3 is 12.2 Å². The molecule has 0 radical (unpaired) electrons. The highest BCUT2D eigenvalue weighted by Gasteiger charge is 2.47.